The Bertz CT molecular complexity index is 76.8. The van der Waals surface area contributed by atoms with Crippen LogP contribution in [0.15, 0.2) is 0 Å². The molecular weight excluding hydrogens is 124 g/mol. The average Bonchev–Trinajstić information content (AvgIpc) is 2.71. The quantitative estimate of drug-likeness (QED) is 0.518. The third-order valence-electron chi connectivity index (χ3n) is 1.94. The molecule has 10 heavy (non-hydrogen) atoms. The molecule has 1 heteroatoms. The summed E-state index contributed by atoms with van der Waals surface area (Å²) in [5.74, 6) is 0.932. The minimum absolute atomic E-state index is 0.932. The molecule has 0 aromatic carbocycles. The summed E-state index contributed by atoms with van der Waals surface area (Å²) >= 11 is 0. The normalized spacial score (nSPS) is 17.7. The second kappa shape index (κ2) is 4.73. The van der Waals surface area contributed by atoms with Crippen molar-refractivity contribution in [1.82, 2.24) is 0 Å². The molecule has 1 nitrogen and oxygen atoms in total. The maximum atomic E-state index is 5.46. The number of hydrogen-bond acceptors (Lipinski definition) is 1. The highest BCUT2D eigenvalue weighted by Gasteiger charge is 2.20. The van der Waals surface area contributed by atoms with Crippen LogP contribution in [0, 0.1) is 5.92 Å². The maximum absolute atomic E-state index is 5.46. The number of unbranched alkanes of at least 4 members (excludes halogenated alkanes) is 2. The maximum Gasteiger partial charge on any atom is 0.0494 e. The van der Waals surface area contributed by atoms with Gasteiger partial charge in [-0.15, -0.1) is 0 Å². The van der Waals surface area contributed by atoms with Crippen molar-refractivity contribution in [3.63, 3.8) is 0 Å². The van der Waals surface area contributed by atoms with Crippen LogP contribution in [0.25, 0.3) is 0 Å². The van der Waals surface area contributed by atoms with Crippen LogP contribution in [0.3, 0.4) is 0 Å². The summed E-state index contributed by atoms with van der Waals surface area (Å²) in [6.45, 7) is 4.24. The van der Waals surface area contributed by atoms with Gasteiger partial charge >= 0.3 is 0 Å². The number of hydrogen-bond donors (Lipinski definition) is 0. The van der Waals surface area contributed by atoms with Crippen LogP contribution in [0.2, 0.25) is 0 Å². The van der Waals surface area contributed by atoms with Gasteiger partial charge in [-0.1, -0.05) is 19.8 Å². The van der Waals surface area contributed by atoms with Crippen molar-refractivity contribution in [3.8, 4) is 0 Å². The predicted molar refractivity (Wildman–Crippen MR) is 43.1 cm³/mol. The van der Waals surface area contributed by atoms with Crippen molar-refractivity contribution < 1.29 is 4.74 Å². The van der Waals surface area contributed by atoms with Crippen LogP contribution >= 0.6 is 0 Å². The van der Waals surface area contributed by atoms with Crippen molar-refractivity contribution >= 4 is 0 Å². The largest absolute Gasteiger partial charge is 0.381 e. The van der Waals surface area contributed by atoms with E-state index < -0.39 is 0 Å². The first-order valence-corrected chi connectivity index (χ1v) is 4.51. The van der Waals surface area contributed by atoms with Crippen molar-refractivity contribution in [3.05, 3.63) is 0 Å². The van der Waals surface area contributed by atoms with E-state index in [0.717, 1.165) is 19.1 Å². The lowest BCUT2D eigenvalue weighted by atomic mass is 10.3. The zero-order valence-corrected chi connectivity index (χ0v) is 6.94. The second-order valence-corrected chi connectivity index (χ2v) is 3.23. The lowest BCUT2D eigenvalue weighted by molar-refractivity contribution is 0.121. The first kappa shape index (κ1) is 8.06. The fourth-order valence-corrected chi connectivity index (χ4v) is 0.989. The van der Waals surface area contributed by atoms with E-state index in [1.165, 1.54) is 32.1 Å². The standard InChI is InChI=1S/C9H18O/c1-2-3-4-7-10-8-9-5-6-9/h9H,2-8H2,1H3. The molecule has 60 valence electrons. The van der Waals surface area contributed by atoms with E-state index in [0.29, 0.717) is 0 Å². The van der Waals surface area contributed by atoms with Crippen LogP contribution in [0.5, 0.6) is 0 Å². The lowest BCUT2D eigenvalue weighted by Crippen LogP contribution is -1.97. The molecule has 0 unspecified atom stereocenters. The second-order valence-electron chi connectivity index (χ2n) is 3.23. The monoisotopic (exact) mass is 142 g/mol. The molecule has 0 radical (unpaired) electrons. The third kappa shape index (κ3) is 3.89. The highest BCUT2D eigenvalue weighted by atomic mass is 16.5. The zero-order valence-electron chi connectivity index (χ0n) is 6.94. The van der Waals surface area contributed by atoms with Gasteiger partial charge in [0.1, 0.15) is 0 Å². The van der Waals surface area contributed by atoms with Crippen LogP contribution in [-0.2, 0) is 4.74 Å². The van der Waals surface area contributed by atoms with Crippen LogP contribution in [0.4, 0.5) is 0 Å². The highest BCUT2D eigenvalue weighted by molar-refractivity contribution is 4.71. The molecule has 1 aliphatic rings. The van der Waals surface area contributed by atoms with Crippen LogP contribution < -0.4 is 0 Å². The van der Waals surface area contributed by atoms with Crippen LogP contribution in [0.1, 0.15) is 39.0 Å². The van der Waals surface area contributed by atoms with E-state index >= 15 is 0 Å². The Morgan fingerprint density at radius 1 is 1.30 bits per heavy atom. The Morgan fingerprint density at radius 3 is 2.70 bits per heavy atom. The number of rotatable bonds is 6. The summed E-state index contributed by atoms with van der Waals surface area (Å²) in [5, 5.41) is 0. The molecule has 1 saturated carbocycles. The van der Waals surface area contributed by atoms with Gasteiger partial charge in [-0.2, -0.15) is 0 Å². The summed E-state index contributed by atoms with van der Waals surface area (Å²) < 4.78 is 5.46. The van der Waals surface area contributed by atoms with Gasteiger partial charge in [-0.25, -0.2) is 0 Å². The average molecular weight is 142 g/mol. The molecule has 0 aromatic heterocycles. The molecule has 1 aliphatic carbocycles. The fraction of sp³-hybridized carbons (Fsp3) is 1.00. The van der Waals surface area contributed by atoms with Gasteiger partial charge in [-0.05, 0) is 25.2 Å². The summed E-state index contributed by atoms with van der Waals surface area (Å²) in [5.41, 5.74) is 0. The van der Waals surface area contributed by atoms with Crippen molar-refractivity contribution in [2.75, 3.05) is 13.2 Å². The summed E-state index contributed by atoms with van der Waals surface area (Å²) in [6, 6.07) is 0. The van der Waals surface area contributed by atoms with Crippen molar-refractivity contribution in [2.24, 2.45) is 5.92 Å². The Hall–Kier alpha value is -0.0400. The smallest absolute Gasteiger partial charge is 0.0494 e. The minimum Gasteiger partial charge on any atom is -0.381 e. The van der Waals surface area contributed by atoms with Crippen molar-refractivity contribution in [2.45, 2.75) is 39.0 Å². The van der Waals surface area contributed by atoms with E-state index in [-0.39, 0.29) is 0 Å². The van der Waals surface area contributed by atoms with E-state index in [1.54, 1.807) is 0 Å². The molecule has 0 saturated heterocycles. The van der Waals surface area contributed by atoms with Crippen LogP contribution in [-0.4, -0.2) is 13.2 Å². The highest BCUT2D eigenvalue weighted by Crippen LogP contribution is 2.28. The molecule has 0 atom stereocenters. The van der Waals surface area contributed by atoms with Gasteiger partial charge in [0.25, 0.3) is 0 Å². The van der Waals surface area contributed by atoms with Gasteiger partial charge in [0, 0.05) is 13.2 Å². The first-order chi connectivity index (χ1) is 4.93. The molecular formula is C9H18O. The Balaban J connectivity index is 1.68. The van der Waals surface area contributed by atoms with Crippen molar-refractivity contribution in [1.29, 1.82) is 0 Å². The Labute approximate surface area is 63.8 Å². The Morgan fingerprint density at radius 2 is 2.10 bits per heavy atom. The van der Waals surface area contributed by atoms with Gasteiger partial charge in [0.15, 0.2) is 0 Å². The first-order valence-electron chi connectivity index (χ1n) is 4.51. The molecule has 1 rings (SSSR count). The lowest BCUT2D eigenvalue weighted by Gasteiger charge is -2.00. The summed E-state index contributed by atoms with van der Waals surface area (Å²) in [6.07, 6.45) is 6.70. The van der Waals surface area contributed by atoms with Gasteiger partial charge in [-0.3, -0.25) is 0 Å². The molecule has 0 spiro atoms. The molecule has 0 heterocycles. The molecule has 0 aromatic rings. The molecule has 1 fully saturated rings. The molecule has 0 N–H and O–H groups in total. The zero-order chi connectivity index (χ0) is 7.23. The predicted octanol–water partition coefficient (Wildman–Crippen LogP) is 2.60. The SMILES string of the molecule is CCCCCOCC1CC1. The van der Waals surface area contributed by atoms with Gasteiger partial charge in [0.05, 0.1) is 0 Å². The number of ether oxygens (including phenoxy) is 1. The molecule has 0 aliphatic heterocycles. The third-order valence-corrected chi connectivity index (χ3v) is 1.94. The Kier molecular flexibility index (Phi) is 3.81. The fourth-order valence-electron chi connectivity index (χ4n) is 0.989. The van der Waals surface area contributed by atoms with E-state index in [1.807, 2.05) is 0 Å². The molecule has 0 bridgehead atoms. The van der Waals surface area contributed by atoms with Gasteiger partial charge in [0.2, 0.25) is 0 Å². The molecule has 0 amide bonds. The minimum atomic E-state index is 0.932. The van der Waals surface area contributed by atoms with E-state index in [2.05, 4.69) is 6.92 Å². The van der Waals surface area contributed by atoms with E-state index in [9.17, 15) is 0 Å². The van der Waals surface area contributed by atoms with E-state index in [4.69, 9.17) is 4.74 Å². The van der Waals surface area contributed by atoms with Gasteiger partial charge < -0.3 is 4.74 Å². The summed E-state index contributed by atoms with van der Waals surface area (Å²) in [7, 11) is 0. The summed E-state index contributed by atoms with van der Waals surface area (Å²) in [4.78, 5) is 0. The topological polar surface area (TPSA) is 9.23 Å².